The van der Waals surface area contributed by atoms with Crippen molar-refractivity contribution in [2.24, 2.45) is 0 Å². The van der Waals surface area contributed by atoms with E-state index in [1.54, 1.807) is 45.0 Å². The summed E-state index contributed by atoms with van der Waals surface area (Å²) in [6.45, 7) is 5.44. The highest BCUT2D eigenvalue weighted by molar-refractivity contribution is 9.10. The lowest BCUT2D eigenvalue weighted by Crippen LogP contribution is -2.52. The van der Waals surface area contributed by atoms with E-state index in [9.17, 15) is 35.9 Å². The molecule has 0 saturated carbocycles. The second-order valence-corrected chi connectivity index (χ2v) is 10.7. The summed E-state index contributed by atoms with van der Waals surface area (Å²) in [5.74, 6) is -1.57. The van der Waals surface area contributed by atoms with Gasteiger partial charge in [0, 0.05) is 35.1 Å². The van der Waals surface area contributed by atoms with Crippen molar-refractivity contribution < 1.29 is 40.7 Å². The van der Waals surface area contributed by atoms with Crippen LogP contribution < -0.4 is 5.32 Å². The minimum atomic E-state index is -5.07. The number of nitrogens with zero attached hydrogens (tertiary/aromatic N) is 1. The molecule has 0 unspecified atom stereocenters. The van der Waals surface area contributed by atoms with Crippen molar-refractivity contribution in [3.8, 4) is 0 Å². The number of ether oxygens (including phenoxy) is 1. The van der Waals surface area contributed by atoms with Crippen LogP contribution in [0.25, 0.3) is 0 Å². The molecule has 3 rings (SSSR count). The van der Waals surface area contributed by atoms with Gasteiger partial charge in [-0.05, 0) is 63.1 Å². The highest BCUT2D eigenvalue weighted by Gasteiger charge is 2.39. The van der Waals surface area contributed by atoms with Crippen molar-refractivity contribution in [1.82, 2.24) is 10.2 Å². The molecule has 1 saturated heterocycles. The molecular formula is C25H25BrF6N2O3. The van der Waals surface area contributed by atoms with E-state index in [1.807, 2.05) is 0 Å². The normalized spacial score (nSPS) is 18.9. The maximum absolute atomic E-state index is 13.3. The third kappa shape index (κ3) is 7.62. The van der Waals surface area contributed by atoms with Crippen molar-refractivity contribution in [3.63, 3.8) is 0 Å². The lowest BCUT2D eigenvalue weighted by atomic mass is 9.85. The number of benzene rings is 2. The van der Waals surface area contributed by atoms with Gasteiger partial charge in [0.15, 0.2) is 0 Å². The molecule has 0 spiro atoms. The molecule has 1 heterocycles. The van der Waals surface area contributed by atoms with E-state index >= 15 is 0 Å². The molecule has 2 aromatic carbocycles. The van der Waals surface area contributed by atoms with Crippen molar-refractivity contribution in [2.45, 2.75) is 57.1 Å². The Morgan fingerprint density at radius 3 is 1.97 bits per heavy atom. The monoisotopic (exact) mass is 594 g/mol. The van der Waals surface area contributed by atoms with Crippen molar-refractivity contribution >= 4 is 27.9 Å². The molecule has 37 heavy (non-hydrogen) atoms. The molecule has 1 aliphatic heterocycles. The van der Waals surface area contributed by atoms with Gasteiger partial charge in [-0.1, -0.05) is 28.1 Å². The molecule has 202 valence electrons. The minimum absolute atomic E-state index is 0.0271. The molecule has 0 aliphatic carbocycles. The van der Waals surface area contributed by atoms with Crippen LogP contribution in [-0.4, -0.2) is 41.6 Å². The Morgan fingerprint density at radius 1 is 0.946 bits per heavy atom. The number of halogens is 7. The molecule has 0 aromatic heterocycles. The lowest BCUT2D eigenvalue weighted by molar-refractivity contribution is -0.143. The third-order valence-electron chi connectivity index (χ3n) is 5.73. The summed E-state index contributed by atoms with van der Waals surface area (Å²) in [5, 5.41) is 2.60. The summed E-state index contributed by atoms with van der Waals surface area (Å²) in [4.78, 5) is 27.1. The Bertz CT molecular complexity index is 1110. The topological polar surface area (TPSA) is 58.6 Å². The SMILES string of the molecule is CC(C)(C)OC(=O)N1CC[C@@H](NC(=O)c2cc(C(F)(F)F)cc(C(F)(F)F)c2)[C@H](c2ccc(Br)cc2)C1. The summed E-state index contributed by atoms with van der Waals surface area (Å²) in [7, 11) is 0. The van der Waals surface area contributed by atoms with Crippen LogP contribution >= 0.6 is 15.9 Å². The number of hydrogen-bond acceptors (Lipinski definition) is 3. The van der Waals surface area contributed by atoms with E-state index in [1.165, 1.54) is 4.90 Å². The zero-order valence-corrected chi connectivity index (χ0v) is 21.7. The van der Waals surface area contributed by atoms with Crippen LogP contribution in [0.15, 0.2) is 46.9 Å². The average molecular weight is 595 g/mol. The van der Waals surface area contributed by atoms with Crippen molar-refractivity contribution in [2.75, 3.05) is 13.1 Å². The van der Waals surface area contributed by atoms with Gasteiger partial charge in [0.05, 0.1) is 11.1 Å². The Balaban J connectivity index is 1.91. The highest BCUT2D eigenvalue weighted by atomic mass is 79.9. The Hall–Kier alpha value is -2.76. The molecule has 2 aromatic rings. The van der Waals surface area contributed by atoms with Crippen LogP contribution in [-0.2, 0) is 17.1 Å². The molecule has 1 fully saturated rings. The number of nitrogens with one attached hydrogen (secondary N) is 1. The maximum atomic E-state index is 13.3. The van der Waals surface area contributed by atoms with E-state index in [0.29, 0.717) is 12.1 Å². The standard InChI is InChI=1S/C25H25BrF6N2O3/c1-23(2,3)37-22(36)34-9-8-20(19(13-34)14-4-6-18(26)7-5-14)33-21(35)15-10-16(24(27,28)29)12-17(11-15)25(30,31)32/h4-7,10-12,19-20H,8-9,13H2,1-3H3,(H,33,35)/t19-,20+/m0/s1. The van der Waals surface area contributed by atoms with Crippen LogP contribution in [0.5, 0.6) is 0 Å². The summed E-state index contributed by atoms with van der Waals surface area (Å²) >= 11 is 3.33. The van der Waals surface area contributed by atoms with Crippen LogP contribution in [0.1, 0.15) is 60.2 Å². The summed E-state index contributed by atoms with van der Waals surface area (Å²) in [6, 6.07) is 7.13. The van der Waals surface area contributed by atoms with Gasteiger partial charge in [0.2, 0.25) is 0 Å². The number of carbonyl (C=O) groups excluding carboxylic acids is 2. The zero-order chi connectivity index (χ0) is 27.8. The number of amides is 2. The van der Waals surface area contributed by atoms with Gasteiger partial charge in [0.25, 0.3) is 5.91 Å². The smallest absolute Gasteiger partial charge is 0.416 e. The van der Waals surface area contributed by atoms with Crippen LogP contribution in [0, 0.1) is 0 Å². The highest BCUT2D eigenvalue weighted by Crippen LogP contribution is 2.37. The Labute approximate surface area is 218 Å². The fraction of sp³-hybridized carbons (Fsp3) is 0.440. The number of carbonyl (C=O) groups is 2. The number of alkyl halides is 6. The molecule has 2 amide bonds. The molecule has 5 nitrogen and oxygen atoms in total. The lowest BCUT2D eigenvalue weighted by Gasteiger charge is -2.39. The van der Waals surface area contributed by atoms with Gasteiger partial charge in [-0.25, -0.2) is 4.79 Å². The molecule has 12 heteroatoms. The molecular weight excluding hydrogens is 570 g/mol. The predicted molar refractivity (Wildman–Crippen MR) is 127 cm³/mol. The maximum Gasteiger partial charge on any atom is 0.416 e. The first-order valence-corrected chi connectivity index (χ1v) is 12.1. The van der Waals surface area contributed by atoms with Crippen LogP contribution in [0.2, 0.25) is 0 Å². The average Bonchev–Trinajstić information content (AvgIpc) is 2.77. The quantitative estimate of drug-likeness (QED) is 0.389. The Kier molecular flexibility index (Phi) is 8.21. The molecule has 0 bridgehead atoms. The van der Waals surface area contributed by atoms with E-state index in [0.717, 1.165) is 10.0 Å². The molecule has 2 atom stereocenters. The van der Waals surface area contributed by atoms with Gasteiger partial charge in [-0.2, -0.15) is 26.3 Å². The van der Waals surface area contributed by atoms with E-state index in [-0.39, 0.29) is 25.6 Å². The zero-order valence-electron chi connectivity index (χ0n) is 20.1. The Morgan fingerprint density at radius 2 is 1.49 bits per heavy atom. The predicted octanol–water partition coefficient (Wildman–Crippen LogP) is 7.01. The molecule has 1 N–H and O–H groups in total. The van der Waals surface area contributed by atoms with Crippen LogP contribution in [0.4, 0.5) is 31.1 Å². The minimum Gasteiger partial charge on any atom is -0.444 e. The summed E-state index contributed by atoms with van der Waals surface area (Å²) in [5.41, 5.74) is -3.92. The number of hydrogen-bond donors (Lipinski definition) is 1. The van der Waals surface area contributed by atoms with Gasteiger partial charge in [-0.15, -0.1) is 0 Å². The summed E-state index contributed by atoms with van der Waals surface area (Å²) in [6.07, 6.45) is -10.5. The fourth-order valence-corrected chi connectivity index (χ4v) is 4.27. The van der Waals surface area contributed by atoms with E-state index < -0.39 is 58.6 Å². The number of rotatable bonds is 3. The van der Waals surface area contributed by atoms with Gasteiger partial charge in [0.1, 0.15) is 5.60 Å². The van der Waals surface area contributed by atoms with Crippen LogP contribution in [0.3, 0.4) is 0 Å². The third-order valence-corrected chi connectivity index (χ3v) is 6.26. The first kappa shape index (κ1) is 28.8. The fourth-order valence-electron chi connectivity index (χ4n) is 4.00. The second-order valence-electron chi connectivity index (χ2n) is 9.75. The first-order chi connectivity index (χ1) is 16.9. The largest absolute Gasteiger partial charge is 0.444 e. The van der Waals surface area contributed by atoms with Gasteiger partial charge >= 0.3 is 18.4 Å². The second kappa shape index (κ2) is 10.5. The van der Waals surface area contributed by atoms with Crippen molar-refractivity contribution in [3.05, 3.63) is 69.2 Å². The summed E-state index contributed by atoms with van der Waals surface area (Å²) < 4.78 is 85.8. The van der Waals surface area contributed by atoms with Gasteiger partial charge < -0.3 is 15.0 Å². The number of piperidine rings is 1. The first-order valence-electron chi connectivity index (χ1n) is 11.3. The van der Waals surface area contributed by atoms with E-state index in [2.05, 4.69) is 21.2 Å². The van der Waals surface area contributed by atoms with E-state index in [4.69, 9.17) is 4.74 Å². The van der Waals surface area contributed by atoms with Crippen molar-refractivity contribution in [1.29, 1.82) is 0 Å². The number of likely N-dealkylation sites (tertiary alicyclic amines) is 1. The molecule has 0 radical (unpaired) electrons. The van der Waals surface area contributed by atoms with Gasteiger partial charge in [-0.3, -0.25) is 4.79 Å². The molecule has 1 aliphatic rings.